The normalized spacial score (nSPS) is 14.2. The van der Waals surface area contributed by atoms with E-state index in [2.05, 4.69) is 6.07 Å². The van der Waals surface area contributed by atoms with Crippen LogP contribution in [-0.2, 0) is 11.2 Å². The second-order valence-electron chi connectivity index (χ2n) is 3.81. The molecule has 0 fully saturated rings. The van der Waals surface area contributed by atoms with E-state index in [1.807, 2.05) is 6.08 Å². The van der Waals surface area contributed by atoms with Crippen molar-refractivity contribution in [2.45, 2.75) is 6.42 Å². The highest BCUT2D eigenvalue weighted by Gasteiger charge is 2.16. The van der Waals surface area contributed by atoms with Gasteiger partial charge >= 0.3 is 0 Å². The molecular weight excluding hydrogens is 218 g/mol. The van der Waals surface area contributed by atoms with Gasteiger partial charge in [-0.3, -0.25) is 0 Å². The lowest BCUT2D eigenvalue weighted by atomic mass is 9.99. The maximum absolute atomic E-state index is 10.0. The molecule has 0 atom stereocenters. The first-order chi connectivity index (χ1) is 8.26. The average molecular weight is 231 g/mol. The summed E-state index contributed by atoms with van der Waals surface area (Å²) in [6, 6.07) is 5.33. The number of rotatable bonds is 3. The van der Waals surface area contributed by atoms with Crippen LogP contribution < -0.4 is 4.74 Å². The SMILES string of the molecule is COc1ccc(C#N)c(CC2=CCOC2)c1O. The molecule has 4 nitrogen and oxygen atoms in total. The van der Waals surface area contributed by atoms with Crippen LogP contribution in [0.4, 0.5) is 0 Å². The first kappa shape index (κ1) is 11.5. The smallest absolute Gasteiger partial charge is 0.162 e. The van der Waals surface area contributed by atoms with E-state index in [4.69, 9.17) is 14.7 Å². The third kappa shape index (κ3) is 2.24. The van der Waals surface area contributed by atoms with E-state index in [0.717, 1.165) is 5.57 Å². The van der Waals surface area contributed by atoms with Crippen LogP contribution in [0.5, 0.6) is 11.5 Å². The Kier molecular flexibility index (Phi) is 3.31. The summed E-state index contributed by atoms with van der Waals surface area (Å²) < 4.78 is 10.3. The summed E-state index contributed by atoms with van der Waals surface area (Å²) in [4.78, 5) is 0. The van der Waals surface area contributed by atoms with Crippen LogP contribution >= 0.6 is 0 Å². The monoisotopic (exact) mass is 231 g/mol. The van der Waals surface area contributed by atoms with E-state index in [0.29, 0.717) is 36.5 Å². The molecule has 1 aromatic rings. The zero-order valence-corrected chi connectivity index (χ0v) is 9.56. The van der Waals surface area contributed by atoms with E-state index in [1.54, 1.807) is 12.1 Å². The van der Waals surface area contributed by atoms with Crippen molar-refractivity contribution < 1.29 is 14.6 Å². The number of benzene rings is 1. The molecule has 1 aliphatic rings. The highest BCUT2D eigenvalue weighted by molar-refractivity contribution is 5.55. The second-order valence-corrected chi connectivity index (χ2v) is 3.81. The van der Waals surface area contributed by atoms with Gasteiger partial charge in [-0.05, 0) is 17.7 Å². The van der Waals surface area contributed by atoms with Crippen molar-refractivity contribution in [1.29, 1.82) is 5.26 Å². The fourth-order valence-electron chi connectivity index (χ4n) is 1.84. The summed E-state index contributed by atoms with van der Waals surface area (Å²) in [7, 11) is 1.49. The fourth-order valence-corrected chi connectivity index (χ4v) is 1.84. The second kappa shape index (κ2) is 4.89. The predicted octanol–water partition coefficient (Wildman–Crippen LogP) is 1.77. The van der Waals surface area contributed by atoms with E-state index in [1.165, 1.54) is 7.11 Å². The molecule has 17 heavy (non-hydrogen) atoms. The quantitative estimate of drug-likeness (QED) is 0.805. The Bertz CT molecular complexity index is 500. The molecule has 1 aliphatic heterocycles. The summed E-state index contributed by atoms with van der Waals surface area (Å²) in [6.45, 7) is 1.16. The maximum Gasteiger partial charge on any atom is 0.162 e. The minimum Gasteiger partial charge on any atom is -0.504 e. The van der Waals surface area contributed by atoms with Gasteiger partial charge in [0.25, 0.3) is 0 Å². The van der Waals surface area contributed by atoms with Crippen LogP contribution in [0.3, 0.4) is 0 Å². The molecule has 1 heterocycles. The van der Waals surface area contributed by atoms with E-state index in [-0.39, 0.29) is 5.75 Å². The molecular formula is C13H13NO3. The van der Waals surface area contributed by atoms with Gasteiger partial charge in [-0.15, -0.1) is 0 Å². The summed E-state index contributed by atoms with van der Waals surface area (Å²) in [6.07, 6.45) is 2.49. The average Bonchev–Trinajstić information content (AvgIpc) is 2.84. The number of methoxy groups -OCH3 is 1. The molecule has 1 aromatic carbocycles. The first-order valence-electron chi connectivity index (χ1n) is 5.31. The third-order valence-electron chi connectivity index (χ3n) is 2.77. The number of nitriles is 1. The minimum atomic E-state index is 0.0411. The van der Waals surface area contributed by atoms with Crippen molar-refractivity contribution in [3.05, 3.63) is 34.9 Å². The van der Waals surface area contributed by atoms with Gasteiger partial charge in [0.05, 0.1) is 32.0 Å². The topological polar surface area (TPSA) is 62.5 Å². The summed E-state index contributed by atoms with van der Waals surface area (Å²) >= 11 is 0. The van der Waals surface area contributed by atoms with Gasteiger partial charge in [-0.2, -0.15) is 5.26 Å². The minimum absolute atomic E-state index is 0.0411. The van der Waals surface area contributed by atoms with Crippen LogP contribution in [0, 0.1) is 11.3 Å². The van der Waals surface area contributed by atoms with Gasteiger partial charge < -0.3 is 14.6 Å². The van der Waals surface area contributed by atoms with Crippen molar-refractivity contribution in [1.82, 2.24) is 0 Å². The predicted molar refractivity (Wildman–Crippen MR) is 62.0 cm³/mol. The van der Waals surface area contributed by atoms with Crippen molar-refractivity contribution in [2.75, 3.05) is 20.3 Å². The first-order valence-corrected chi connectivity index (χ1v) is 5.31. The van der Waals surface area contributed by atoms with Gasteiger partial charge in [0.2, 0.25) is 0 Å². The number of hydrogen-bond acceptors (Lipinski definition) is 4. The van der Waals surface area contributed by atoms with Crippen molar-refractivity contribution in [3.8, 4) is 17.6 Å². The van der Waals surface area contributed by atoms with Gasteiger partial charge in [0.15, 0.2) is 11.5 Å². The Morgan fingerprint density at radius 3 is 2.94 bits per heavy atom. The molecule has 88 valence electrons. The molecule has 0 bridgehead atoms. The lowest BCUT2D eigenvalue weighted by Gasteiger charge is -2.10. The molecule has 0 spiro atoms. The molecule has 1 N–H and O–H groups in total. The van der Waals surface area contributed by atoms with Crippen molar-refractivity contribution >= 4 is 0 Å². The molecule has 4 heteroatoms. The van der Waals surface area contributed by atoms with Crippen LogP contribution in [0.15, 0.2) is 23.8 Å². The van der Waals surface area contributed by atoms with Gasteiger partial charge in [-0.25, -0.2) is 0 Å². The van der Waals surface area contributed by atoms with Gasteiger partial charge in [-0.1, -0.05) is 6.08 Å². The lowest BCUT2D eigenvalue weighted by molar-refractivity contribution is 0.207. The molecule has 0 saturated heterocycles. The summed E-state index contributed by atoms with van der Waals surface area (Å²) in [5.74, 6) is 0.429. The molecule has 0 unspecified atom stereocenters. The highest BCUT2D eigenvalue weighted by atomic mass is 16.5. The number of hydrogen-bond donors (Lipinski definition) is 1. The Balaban J connectivity index is 2.39. The van der Waals surface area contributed by atoms with Crippen LogP contribution in [0.1, 0.15) is 11.1 Å². The fraction of sp³-hybridized carbons (Fsp3) is 0.308. The molecule has 0 radical (unpaired) electrons. The Morgan fingerprint density at radius 2 is 2.35 bits per heavy atom. The molecule has 0 amide bonds. The number of phenolic OH excluding ortho intramolecular Hbond substituents is 1. The van der Waals surface area contributed by atoms with Gasteiger partial charge in [0.1, 0.15) is 0 Å². The number of aromatic hydroxyl groups is 1. The highest BCUT2D eigenvalue weighted by Crippen LogP contribution is 2.34. The Hall–Kier alpha value is -1.99. The van der Waals surface area contributed by atoms with E-state index < -0.39 is 0 Å². The number of nitrogens with zero attached hydrogens (tertiary/aromatic N) is 1. The van der Waals surface area contributed by atoms with Crippen LogP contribution in [-0.4, -0.2) is 25.4 Å². The van der Waals surface area contributed by atoms with Crippen LogP contribution in [0.2, 0.25) is 0 Å². The lowest BCUT2D eigenvalue weighted by Crippen LogP contribution is -1.98. The van der Waals surface area contributed by atoms with Crippen molar-refractivity contribution in [2.24, 2.45) is 0 Å². The maximum atomic E-state index is 10.0. The number of ether oxygens (including phenoxy) is 2. The zero-order chi connectivity index (χ0) is 12.3. The summed E-state index contributed by atoms with van der Waals surface area (Å²) in [5, 5.41) is 19.0. The Labute approximate surface area is 99.7 Å². The molecule has 0 saturated carbocycles. The molecule has 0 aliphatic carbocycles. The summed E-state index contributed by atoms with van der Waals surface area (Å²) in [5.41, 5.74) is 2.14. The zero-order valence-electron chi connectivity index (χ0n) is 9.56. The largest absolute Gasteiger partial charge is 0.504 e. The van der Waals surface area contributed by atoms with E-state index >= 15 is 0 Å². The molecule has 0 aromatic heterocycles. The third-order valence-corrected chi connectivity index (χ3v) is 2.77. The standard InChI is InChI=1S/C13H13NO3/c1-16-12-3-2-10(7-14)11(13(12)15)6-9-4-5-17-8-9/h2-4,15H,5-6,8H2,1H3. The van der Waals surface area contributed by atoms with Crippen LogP contribution in [0.25, 0.3) is 0 Å². The molecule has 2 rings (SSSR count). The van der Waals surface area contributed by atoms with E-state index in [9.17, 15) is 5.11 Å². The van der Waals surface area contributed by atoms with Crippen molar-refractivity contribution in [3.63, 3.8) is 0 Å². The van der Waals surface area contributed by atoms with Gasteiger partial charge in [0, 0.05) is 12.0 Å². The number of phenols is 1. The Morgan fingerprint density at radius 1 is 1.53 bits per heavy atom.